The van der Waals surface area contributed by atoms with Crippen LogP contribution in [0.25, 0.3) is 0 Å². The first kappa shape index (κ1) is 14.7. The largest absolute Gasteiger partial charge is 0.453 e. The van der Waals surface area contributed by atoms with Crippen molar-refractivity contribution in [3.63, 3.8) is 0 Å². The van der Waals surface area contributed by atoms with E-state index in [2.05, 4.69) is 9.64 Å². The zero-order valence-electron chi connectivity index (χ0n) is 9.66. The van der Waals surface area contributed by atoms with Crippen molar-refractivity contribution in [2.75, 3.05) is 40.5 Å². The summed E-state index contributed by atoms with van der Waals surface area (Å²) >= 11 is 5.04. The average molecular weight is 238 g/mol. The van der Waals surface area contributed by atoms with Crippen molar-refractivity contribution in [3.05, 3.63) is 0 Å². The molecule has 0 aromatic heterocycles. The van der Waals surface area contributed by atoms with Gasteiger partial charge >= 0.3 is 5.43 Å². The zero-order chi connectivity index (χ0) is 11.7. The Morgan fingerprint density at radius 3 is 2.60 bits per heavy atom. The van der Waals surface area contributed by atoms with Crippen molar-refractivity contribution >= 4 is 17.0 Å². The molecule has 0 N–H and O–H groups in total. The van der Waals surface area contributed by atoms with Crippen LogP contribution in [0.15, 0.2) is 0 Å². The van der Waals surface area contributed by atoms with Crippen LogP contribution >= 0.6 is 11.6 Å². The van der Waals surface area contributed by atoms with Gasteiger partial charge in [0.1, 0.15) is 0 Å². The number of ether oxygens (including phenoxy) is 2. The summed E-state index contributed by atoms with van der Waals surface area (Å²) in [5, 5.41) is 0. The number of hydrogen-bond acceptors (Lipinski definition) is 4. The third-order valence-corrected chi connectivity index (χ3v) is 2.03. The van der Waals surface area contributed by atoms with Crippen LogP contribution in [0.1, 0.15) is 13.3 Å². The normalized spacial score (nSPS) is 12.9. The molecule has 1 unspecified atom stereocenters. The lowest BCUT2D eigenvalue weighted by Gasteiger charge is -2.12. The van der Waals surface area contributed by atoms with Gasteiger partial charge in [-0.15, -0.1) is 0 Å². The Morgan fingerprint density at radius 2 is 2.07 bits per heavy atom. The summed E-state index contributed by atoms with van der Waals surface area (Å²) in [4.78, 5) is 12.4. The number of carbonyl (C=O) groups excluding carboxylic acids is 1. The summed E-state index contributed by atoms with van der Waals surface area (Å²) in [6.45, 7) is 4.70. The number of halogens is 1. The van der Waals surface area contributed by atoms with Crippen LogP contribution in [0.4, 0.5) is 4.79 Å². The van der Waals surface area contributed by atoms with Crippen molar-refractivity contribution in [1.82, 2.24) is 4.90 Å². The predicted octanol–water partition coefficient (Wildman–Crippen LogP) is 1.97. The van der Waals surface area contributed by atoms with Crippen LogP contribution in [0.2, 0.25) is 0 Å². The quantitative estimate of drug-likeness (QED) is 0.478. The van der Waals surface area contributed by atoms with Crippen molar-refractivity contribution in [2.24, 2.45) is 5.92 Å². The minimum Gasteiger partial charge on any atom is -0.453 e. The second-order valence-corrected chi connectivity index (χ2v) is 4.17. The van der Waals surface area contributed by atoms with Crippen molar-refractivity contribution in [3.8, 4) is 0 Å². The number of likely N-dealkylation sites (N-methyl/N-ethyl adjacent to an activating group) is 1. The Balaban J connectivity index is 3.23. The van der Waals surface area contributed by atoms with Crippen LogP contribution in [0, 0.1) is 5.92 Å². The highest BCUT2D eigenvalue weighted by molar-refractivity contribution is 6.61. The fraction of sp³-hybridized carbons (Fsp3) is 0.900. The molecule has 0 aliphatic heterocycles. The predicted molar refractivity (Wildman–Crippen MR) is 60.4 cm³/mol. The van der Waals surface area contributed by atoms with Crippen LogP contribution in [-0.2, 0) is 9.47 Å². The lowest BCUT2D eigenvalue weighted by atomic mass is 10.1. The maximum absolute atomic E-state index is 10.3. The summed E-state index contributed by atoms with van der Waals surface area (Å²) in [5.41, 5.74) is -0.740. The summed E-state index contributed by atoms with van der Waals surface area (Å²) < 4.78 is 10.1. The Hall–Kier alpha value is -0.320. The van der Waals surface area contributed by atoms with Crippen LogP contribution in [0.5, 0.6) is 0 Å². The van der Waals surface area contributed by atoms with E-state index >= 15 is 0 Å². The molecule has 5 heteroatoms. The van der Waals surface area contributed by atoms with Gasteiger partial charge in [-0.3, -0.25) is 0 Å². The second kappa shape index (κ2) is 8.95. The molecule has 0 saturated carbocycles. The Morgan fingerprint density at radius 1 is 1.40 bits per heavy atom. The first-order valence-electron chi connectivity index (χ1n) is 5.07. The first-order chi connectivity index (χ1) is 7.02. The van der Waals surface area contributed by atoms with Crippen molar-refractivity contribution in [2.45, 2.75) is 13.3 Å². The van der Waals surface area contributed by atoms with Crippen LogP contribution in [-0.4, -0.2) is 50.8 Å². The van der Waals surface area contributed by atoms with Gasteiger partial charge in [0.2, 0.25) is 0 Å². The van der Waals surface area contributed by atoms with E-state index < -0.39 is 5.43 Å². The minimum absolute atomic E-state index is 0.284. The Bertz CT molecular complexity index is 176. The topological polar surface area (TPSA) is 38.8 Å². The highest BCUT2D eigenvalue weighted by atomic mass is 35.5. The molecule has 0 spiro atoms. The van der Waals surface area contributed by atoms with Gasteiger partial charge in [-0.1, -0.05) is 6.92 Å². The lowest BCUT2D eigenvalue weighted by Crippen LogP contribution is -2.19. The van der Waals surface area contributed by atoms with Gasteiger partial charge < -0.3 is 14.4 Å². The van der Waals surface area contributed by atoms with E-state index in [1.807, 2.05) is 21.0 Å². The maximum atomic E-state index is 10.3. The smallest absolute Gasteiger partial charge is 0.403 e. The van der Waals surface area contributed by atoms with Crippen LogP contribution in [0.3, 0.4) is 0 Å². The molecule has 0 bridgehead atoms. The fourth-order valence-corrected chi connectivity index (χ4v) is 0.988. The molecule has 0 aromatic carbocycles. The number of hydrogen-bond donors (Lipinski definition) is 0. The zero-order valence-corrected chi connectivity index (χ0v) is 10.4. The number of nitrogens with zero attached hydrogens (tertiary/aromatic N) is 1. The van der Waals surface area contributed by atoms with E-state index in [0.29, 0.717) is 13.2 Å². The van der Waals surface area contributed by atoms with Gasteiger partial charge in [-0.2, -0.15) is 0 Å². The number of carbonyl (C=O) groups is 1. The van der Waals surface area contributed by atoms with Crippen molar-refractivity contribution < 1.29 is 14.3 Å². The first-order valence-corrected chi connectivity index (χ1v) is 5.45. The molecule has 15 heavy (non-hydrogen) atoms. The second-order valence-electron chi connectivity index (χ2n) is 3.86. The third kappa shape index (κ3) is 11.6. The van der Waals surface area contributed by atoms with Crippen LogP contribution < -0.4 is 0 Å². The van der Waals surface area contributed by atoms with Gasteiger partial charge in [-0.25, -0.2) is 4.79 Å². The molecule has 0 rings (SSSR count). The molecular formula is C10H20ClNO3. The molecule has 0 saturated heterocycles. The fourth-order valence-electron chi connectivity index (χ4n) is 0.925. The molecule has 1 atom stereocenters. The van der Waals surface area contributed by atoms with Crippen molar-refractivity contribution in [1.29, 1.82) is 0 Å². The highest BCUT2D eigenvalue weighted by Crippen LogP contribution is 2.03. The minimum atomic E-state index is -0.740. The van der Waals surface area contributed by atoms with Gasteiger partial charge in [0.25, 0.3) is 0 Å². The molecule has 0 fully saturated rings. The van der Waals surface area contributed by atoms with E-state index in [9.17, 15) is 4.79 Å². The Kier molecular flexibility index (Phi) is 8.76. The maximum Gasteiger partial charge on any atom is 0.403 e. The molecule has 0 aliphatic carbocycles. The molecule has 4 nitrogen and oxygen atoms in total. The molecule has 0 amide bonds. The average Bonchev–Trinajstić information content (AvgIpc) is 2.13. The third-order valence-electron chi connectivity index (χ3n) is 1.92. The van der Waals surface area contributed by atoms with Gasteiger partial charge in [0.05, 0.1) is 13.2 Å². The molecule has 0 aliphatic rings. The van der Waals surface area contributed by atoms with E-state index in [0.717, 1.165) is 19.6 Å². The highest BCUT2D eigenvalue weighted by Gasteiger charge is 2.04. The lowest BCUT2D eigenvalue weighted by molar-refractivity contribution is 0.0936. The van der Waals surface area contributed by atoms with E-state index in [1.54, 1.807) is 0 Å². The molecular weight excluding hydrogens is 218 g/mol. The summed E-state index contributed by atoms with van der Waals surface area (Å²) in [6, 6.07) is 0. The van der Waals surface area contributed by atoms with E-state index in [-0.39, 0.29) is 5.92 Å². The molecule has 0 radical (unpaired) electrons. The van der Waals surface area contributed by atoms with E-state index in [4.69, 9.17) is 16.3 Å². The number of rotatable bonds is 8. The molecule has 0 heterocycles. The standard InChI is InChI=1S/C10H20ClNO3/c1-9(8-15-10(11)13)4-6-14-7-5-12(2)3/h9H,4-8H2,1-3H3. The summed E-state index contributed by atoms with van der Waals surface area (Å²) in [5.74, 6) is 0.284. The summed E-state index contributed by atoms with van der Waals surface area (Å²) in [6.07, 6.45) is 0.873. The SMILES string of the molecule is CC(CCOCCN(C)C)COC(=O)Cl. The van der Waals surface area contributed by atoms with Gasteiger partial charge in [0, 0.05) is 24.8 Å². The van der Waals surface area contributed by atoms with E-state index in [1.165, 1.54) is 0 Å². The van der Waals surface area contributed by atoms with Gasteiger partial charge in [-0.05, 0) is 26.4 Å². The monoisotopic (exact) mass is 237 g/mol. The van der Waals surface area contributed by atoms with Gasteiger partial charge in [0.15, 0.2) is 0 Å². The summed E-state index contributed by atoms with van der Waals surface area (Å²) in [7, 11) is 4.01. The Labute approximate surface area is 96.5 Å². The molecule has 0 aromatic rings. The molecule has 90 valence electrons.